The van der Waals surface area contributed by atoms with Gasteiger partial charge in [0.25, 0.3) is 0 Å². The Balaban J connectivity index is 2.72. The number of nitrogens with one attached hydrogen (secondary N) is 4. The zero-order valence-electron chi connectivity index (χ0n) is 13.5. The van der Waals surface area contributed by atoms with Crippen molar-refractivity contribution in [2.75, 3.05) is 40.3 Å². The zero-order valence-corrected chi connectivity index (χ0v) is 16.8. The Labute approximate surface area is 159 Å². The van der Waals surface area contributed by atoms with Crippen LogP contribution in [0.2, 0.25) is 0 Å². The second-order valence-corrected chi connectivity index (χ2v) is 6.60. The van der Waals surface area contributed by atoms with E-state index >= 15 is 0 Å². The minimum Gasteiger partial charge on any atom is -0.366 e. The maximum Gasteiger partial charge on any atom is 0.173 e. The lowest BCUT2D eigenvalue weighted by Gasteiger charge is -2.44. The van der Waals surface area contributed by atoms with Crippen LogP contribution in [0.25, 0.3) is 0 Å². The van der Waals surface area contributed by atoms with E-state index in [0.717, 1.165) is 6.54 Å². The fourth-order valence-corrected chi connectivity index (χ4v) is 2.55. The first-order valence-electron chi connectivity index (χ1n) is 7.15. The molecule has 7 nitrogen and oxygen atoms in total. The van der Waals surface area contributed by atoms with Crippen LogP contribution in [0.4, 0.5) is 0 Å². The molecule has 0 aromatic carbocycles. The highest BCUT2D eigenvalue weighted by molar-refractivity contribution is 7.80. The molecule has 0 radical (unpaired) electrons. The topological polar surface area (TPSA) is 57.8 Å². The molecule has 0 aliphatic carbocycles. The summed E-state index contributed by atoms with van der Waals surface area (Å²) >= 11 is 21.2. The van der Waals surface area contributed by atoms with Crippen LogP contribution in [0.3, 0.4) is 0 Å². The van der Waals surface area contributed by atoms with E-state index in [0.29, 0.717) is 47.0 Å². The normalized spacial score (nSPS) is 14.1. The van der Waals surface area contributed by atoms with Crippen molar-refractivity contribution in [3.8, 4) is 0 Å². The molecule has 1 fully saturated rings. The van der Waals surface area contributed by atoms with E-state index < -0.39 is 0 Å². The molecule has 4 N–H and O–H groups in total. The monoisotopic (exact) mass is 393 g/mol. The van der Waals surface area contributed by atoms with Crippen molar-refractivity contribution in [3.63, 3.8) is 0 Å². The molecule has 1 aliphatic heterocycles. The summed E-state index contributed by atoms with van der Waals surface area (Å²) in [7, 11) is 1.80. The maximum atomic E-state index is 5.46. The number of nitrogens with zero attached hydrogens (tertiary/aromatic N) is 3. The highest BCUT2D eigenvalue weighted by Crippen LogP contribution is 2.09. The summed E-state index contributed by atoms with van der Waals surface area (Å²) in [6, 6.07) is 0. The van der Waals surface area contributed by atoms with Gasteiger partial charge in [-0.15, -0.1) is 0 Å². The molecule has 0 unspecified atom stereocenters. The van der Waals surface area contributed by atoms with Crippen LogP contribution in [0, 0.1) is 0 Å². The molecule has 1 saturated heterocycles. The van der Waals surface area contributed by atoms with E-state index in [2.05, 4.69) is 21.3 Å². The molecular formula is C12H23N7S4. The molecule has 1 rings (SSSR count). The summed E-state index contributed by atoms with van der Waals surface area (Å²) < 4.78 is 0. The minimum absolute atomic E-state index is 0.485. The summed E-state index contributed by atoms with van der Waals surface area (Å²) in [5.74, 6) is 0. The van der Waals surface area contributed by atoms with Crippen molar-refractivity contribution in [3.05, 3.63) is 0 Å². The smallest absolute Gasteiger partial charge is 0.173 e. The summed E-state index contributed by atoms with van der Waals surface area (Å²) in [5, 5.41) is 14.2. The maximum absolute atomic E-state index is 5.46. The number of thiocarbonyl (C=S) groups is 4. The van der Waals surface area contributed by atoms with E-state index in [1.807, 2.05) is 28.5 Å². The summed E-state index contributed by atoms with van der Waals surface area (Å²) in [6.45, 7) is 6.89. The average molecular weight is 394 g/mol. The Morgan fingerprint density at radius 3 is 1.74 bits per heavy atom. The minimum atomic E-state index is 0.485. The van der Waals surface area contributed by atoms with Crippen molar-refractivity contribution >= 4 is 69.2 Å². The molecule has 0 aromatic rings. The van der Waals surface area contributed by atoms with Crippen LogP contribution in [0.1, 0.15) is 13.8 Å². The van der Waals surface area contributed by atoms with Gasteiger partial charge in [-0.25, -0.2) is 0 Å². The van der Waals surface area contributed by atoms with E-state index in [-0.39, 0.29) is 0 Å². The Hall–Kier alpha value is -1.04. The third-order valence-corrected chi connectivity index (χ3v) is 4.42. The van der Waals surface area contributed by atoms with Crippen molar-refractivity contribution in [2.45, 2.75) is 13.8 Å². The summed E-state index contributed by atoms with van der Waals surface area (Å²) in [5.41, 5.74) is 0. The van der Waals surface area contributed by atoms with E-state index in [4.69, 9.17) is 48.9 Å². The molecule has 130 valence electrons. The Bertz CT molecular complexity index is 470. The fraction of sp³-hybridized carbons (Fsp3) is 0.667. The first-order valence-corrected chi connectivity index (χ1v) is 8.79. The zero-order chi connectivity index (χ0) is 17.4. The molecule has 1 heterocycles. The standard InChI is InChI=1S/C12H23N7S4/c1-4-14-11(22)18-6-17(10(21)13-3)7-19(8-18)12(23)16-5-15-9(2)20/h4-8H2,1-3H3,(H,13,21)(H,14,22)(H,15,20)(H,16,23). The largest absolute Gasteiger partial charge is 0.366 e. The van der Waals surface area contributed by atoms with Crippen LogP contribution >= 0.6 is 48.9 Å². The van der Waals surface area contributed by atoms with Gasteiger partial charge < -0.3 is 36.0 Å². The highest BCUT2D eigenvalue weighted by atomic mass is 32.1. The Morgan fingerprint density at radius 1 is 0.826 bits per heavy atom. The molecule has 0 aromatic heterocycles. The van der Waals surface area contributed by atoms with Crippen LogP contribution < -0.4 is 21.3 Å². The van der Waals surface area contributed by atoms with Gasteiger partial charge in [-0.3, -0.25) is 0 Å². The number of hydrogen-bond acceptors (Lipinski definition) is 4. The Kier molecular flexibility index (Phi) is 8.66. The Morgan fingerprint density at radius 2 is 1.30 bits per heavy atom. The van der Waals surface area contributed by atoms with Crippen molar-refractivity contribution in [1.29, 1.82) is 0 Å². The average Bonchev–Trinajstić information content (AvgIpc) is 2.53. The predicted octanol–water partition coefficient (Wildman–Crippen LogP) is -0.0539. The van der Waals surface area contributed by atoms with Crippen molar-refractivity contribution < 1.29 is 0 Å². The number of hydrogen-bond donors (Lipinski definition) is 4. The number of rotatable bonds is 3. The van der Waals surface area contributed by atoms with Crippen LogP contribution in [-0.2, 0) is 0 Å². The summed E-state index contributed by atoms with van der Waals surface area (Å²) in [4.78, 5) is 6.71. The van der Waals surface area contributed by atoms with Gasteiger partial charge in [0.1, 0.15) is 0 Å². The lowest BCUT2D eigenvalue weighted by Crippen LogP contribution is -2.63. The lowest BCUT2D eigenvalue weighted by molar-refractivity contribution is 0.0981. The SMILES string of the molecule is CCNC(=S)N1CN(C(=S)NC)CN(C(=S)NCNC(C)=S)C1. The van der Waals surface area contributed by atoms with E-state index in [1.54, 1.807) is 7.05 Å². The van der Waals surface area contributed by atoms with Gasteiger partial charge in [-0.1, -0.05) is 12.2 Å². The molecular weight excluding hydrogens is 370 g/mol. The summed E-state index contributed by atoms with van der Waals surface area (Å²) in [6.07, 6.45) is 0. The van der Waals surface area contributed by atoms with Gasteiger partial charge in [0.2, 0.25) is 0 Å². The molecule has 0 amide bonds. The van der Waals surface area contributed by atoms with Gasteiger partial charge in [-0.2, -0.15) is 0 Å². The van der Waals surface area contributed by atoms with Crippen LogP contribution in [0.15, 0.2) is 0 Å². The van der Waals surface area contributed by atoms with Gasteiger partial charge in [0, 0.05) is 13.6 Å². The third kappa shape index (κ3) is 6.53. The third-order valence-electron chi connectivity index (χ3n) is 3.00. The quantitative estimate of drug-likeness (QED) is 0.386. The van der Waals surface area contributed by atoms with Crippen LogP contribution in [0.5, 0.6) is 0 Å². The van der Waals surface area contributed by atoms with E-state index in [1.165, 1.54) is 0 Å². The van der Waals surface area contributed by atoms with Gasteiger partial charge in [0.05, 0.1) is 31.7 Å². The second kappa shape index (κ2) is 9.96. The van der Waals surface area contributed by atoms with Gasteiger partial charge >= 0.3 is 0 Å². The van der Waals surface area contributed by atoms with Crippen LogP contribution in [-0.4, -0.2) is 75.3 Å². The molecule has 0 spiro atoms. The highest BCUT2D eigenvalue weighted by Gasteiger charge is 2.27. The predicted molar refractivity (Wildman–Crippen MR) is 110 cm³/mol. The second-order valence-electron chi connectivity index (χ2n) is 4.83. The van der Waals surface area contributed by atoms with Gasteiger partial charge in [-0.05, 0) is 50.5 Å². The first kappa shape index (κ1) is 20.0. The molecule has 23 heavy (non-hydrogen) atoms. The van der Waals surface area contributed by atoms with Gasteiger partial charge in [0.15, 0.2) is 15.3 Å². The van der Waals surface area contributed by atoms with Crippen molar-refractivity contribution in [1.82, 2.24) is 36.0 Å². The van der Waals surface area contributed by atoms with Crippen molar-refractivity contribution in [2.24, 2.45) is 0 Å². The molecule has 0 atom stereocenters. The molecule has 11 heteroatoms. The molecule has 1 aliphatic rings. The van der Waals surface area contributed by atoms with E-state index in [9.17, 15) is 0 Å². The first-order chi connectivity index (χ1) is 10.9. The molecule has 0 bridgehead atoms. The molecule has 0 saturated carbocycles. The fourth-order valence-electron chi connectivity index (χ4n) is 1.91. The lowest BCUT2D eigenvalue weighted by atomic mass is 10.5.